The maximum absolute atomic E-state index is 13.0. The molecule has 0 atom stereocenters. The summed E-state index contributed by atoms with van der Waals surface area (Å²) < 4.78 is 13.0. The van der Waals surface area contributed by atoms with Gasteiger partial charge in [0.05, 0.1) is 5.69 Å². The van der Waals surface area contributed by atoms with E-state index in [0.717, 1.165) is 5.56 Å². The fourth-order valence-electron chi connectivity index (χ4n) is 0.893. The Balaban J connectivity index is 2.95. The van der Waals surface area contributed by atoms with Crippen LogP contribution in [0.15, 0.2) is 18.2 Å². The third-order valence-electron chi connectivity index (χ3n) is 1.50. The van der Waals surface area contributed by atoms with E-state index in [-0.39, 0.29) is 5.69 Å². The summed E-state index contributed by atoms with van der Waals surface area (Å²) in [7, 11) is 0. The van der Waals surface area contributed by atoms with E-state index in [1.54, 1.807) is 13.0 Å². The molecule has 0 bridgehead atoms. The first-order valence-corrected chi connectivity index (χ1v) is 3.67. The van der Waals surface area contributed by atoms with Crippen molar-refractivity contribution in [3.63, 3.8) is 0 Å². The first kappa shape index (κ1) is 9.27. The van der Waals surface area contributed by atoms with Crippen LogP contribution in [-0.4, -0.2) is 5.91 Å². The molecule has 3 heteroatoms. The minimum Gasteiger partial charge on any atom is -0.313 e. The zero-order valence-electron chi connectivity index (χ0n) is 7.10. The van der Waals surface area contributed by atoms with Crippen LogP contribution in [-0.2, 0) is 4.79 Å². The molecule has 1 rings (SSSR count). The summed E-state index contributed by atoms with van der Waals surface area (Å²) in [5.41, 5.74) is 0.969. The van der Waals surface area contributed by atoms with E-state index in [1.165, 1.54) is 12.1 Å². The monoisotopic (exact) mass is 177 g/mol. The number of rotatable bonds is 1. The third kappa shape index (κ3) is 2.31. The van der Waals surface area contributed by atoms with Crippen molar-refractivity contribution in [2.24, 2.45) is 0 Å². The maximum atomic E-state index is 13.0. The third-order valence-corrected chi connectivity index (χ3v) is 1.50. The van der Waals surface area contributed by atoms with Gasteiger partial charge in [0, 0.05) is 0 Å². The highest BCUT2D eigenvalue weighted by Crippen LogP contribution is 2.14. The Hall–Kier alpha value is -1.82. The van der Waals surface area contributed by atoms with Crippen molar-refractivity contribution in [1.82, 2.24) is 0 Å². The predicted octanol–water partition coefficient (Wildman–Crippen LogP) is 1.71. The Kier molecular flexibility index (Phi) is 2.65. The minimum atomic E-state index is -0.649. The Morgan fingerprint density at radius 3 is 2.92 bits per heavy atom. The van der Waals surface area contributed by atoms with Gasteiger partial charge >= 0.3 is 0 Å². The van der Waals surface area contributed by atoms with Gasteiger partial charge in [-0.3, -0.25) is 4.79 Å². The Morgan fingerprint density at radius 2 is 2.31 bits per heavy atom. The fraction of sp³-hybridized carbons (Fsp3) is 0.100. The van der Waals surface area contributed by atoms with Gasteiger partial charge in [0.15, 0.2) is 0 Å². The van der Waals surface area contributed by atoms with Crippen molar-refractivity contribution in [2.45, 2.75) is 6.92 Å². The number of halogens is 1. The smallest absolute Gasteiger partial charge is 0.300 e. The number of benzene rings is 1. The van der Waals surface area contributed by atoms with Gasteiger partial charge in [0.25, 0.3) is 5.91 Å². The molecule has 0 saturated carbocycles. The van der Waals surface area contributed by atoms with Gasteiger partial charge < -0.3 is 5.32 Å². The summed E-state index contributed by atoms with van der Waals surface area (Å²) in [6.07, 6.45) is 4.82. The van der Waals surface area contributed by atoms with Gasteiger partial charge in [-0.05, 0) is 30.5 Å². The van der Waals surface area contributed by atoms with Gasteiger partial charge in [-0.25, -0.2) is 4.39 Å². The number of aryl methyl sites for hydroxylation is 1. The molecule has 2 nitrogen and oxygen atoms in total. The largest absolute Gasteiger partial charge is 0.313 e. The molecule has 0 radical (unpaired) electrons. The van der Waals surface area contributed by atoms with Crippen LogP contribution in [0.5, 0.6) is 0 Å². The number of carbonyl (C=O) groups is 1. The summed E-state index contributed by atoms with van der Waals surface area (Å²) in [5, 5.41) is 2.25. The van der Waals surface area contributed by atoms with E-state index >= 15 is 0 Å². The molecule has 0 aliphatic carbocycles. The molecular weight excluding hydrogens is 169 g/mol. The van der Waals surface area contributed by atoms with Crippen molar-refractivity contribution >= 4 is 11.6 Å². The predicted molar refractivity (Wildman–Crippen MR) is 48.6 cm³/mol. The molecule has 1 aromatic carbocycles. The summed E-state index contributed by atoms with van der Waals surface area (Å²) in [6.45, 7) is 1.80. The van der Waals surface area contributed by atoms with E-state index in [9.17, 15) is 9.18 Å². The molecular formula is C10H8FNO. The van der Waals surface area contributed by atoms with E-state index in [1.807, 2.05) is 5.92 Å². The van der Waals surface area contributed by atoms with Crippen LogP contribution in [0, 0.1) is 25.1 Å². The summed E-state index contributed by atoms with van der Waals surface area (Å²) >= 11 is 0. The number of hydrogen-bond acceptors (Lipinski definition) is 1. The van der Waals surface area contributed by atoms with E-state index < -0.39 is 11.7 Å². The molecule has 0 heterocycles. The van der Waals surface area contributed by atoms with Crippen LogP contribution in [0.2, 0.25) is 0 Å². The van der Waals surface area contributed by atoms with Crippen LogP contribution in [0.4, 0.5) is 10.1 Å². The molecule has 0 spiro atoms. The fourth-order valence-corrected chi connectivity index (χ4v) is 0.893. The number of terminal acetylenes is 1. The first-order valence-electron chi connectivity index (χ1n) is 3.67. The van der Waals surface area contributed by atoms with Gasteiger partial charge in [0.2, 0.25) is 0 Å². The normalized spacial score (nSPS) is 9.00. The van der Waals surface area contributed by atoms with Crippen molar-refractivity contribution in [2.75, 3.05) is 5.32 Å². The summed E-state index contributed by atoms with van der Waals surface area (Å²) in [6, 6.07) is 4.41. The lowest BCUT2D eigenvalue weighted by atomic mass is 10.2. The van der Waals surface area contributed by atoms with Crippen LogP contribution in [0.3, 0.4) is 0 Å². The molecule has 1 amide bonds. The second-order valence-electron chi connectivity index (χ2n) is 2.58. The second kappa shape index (κ2) is 3.72. The number of amides is 1. The van der Waals surface area contributed by atoms with Gasteiger partial charge in [-0.15, -0.1) is 6.42 Å². The van der Waals surface area contributed by atoms with Gasteiger partial charge in [-0.2, -0.15) is 0 Å². The molecule has 1 aromatic rings. The molecule has 1 N–H and O–H groups in total. The molecule has 0 fully saturated rings. The van der Waals surface area contributed by atoms with Crippen LogP contribution in [0.1, 0.15) is 5.56 Å². The van der Waals surface area contributed by atoms with Crippen LogP contribution < -0.4 is 5.32 Å². The maximum Gasteiger partial charge on any atom is 0.300 e. The zero-order valence-corrected chi connectivity index (χ0v) is 7.10. The highest BCUT2D eigenvalue weighted by atomic mass is 19.1. The number of anilines is 1. The highest BCUT2D eigenvalue weighted by molar-refractivity contribution is 6.03. The lowest BCUT2D eigenvalue weighted by Crippen LogP contribution is -2.09. The van der Waals surface area contributed by atoms with Crippen molar-refractivity contribution in [3.8, 4) is 12.3 Å². The second-order valence-corrected chi connectivity index (χ2v) is 2.58. The molecule has 66 valence electrons. The lowest BCUT2D eigenvalue weighted by Gasteiger charge is -2.03. The quantitative estimate of drug-likeness (QED) is 0.650. The highest BCUT2D eigenvalue weighted by Gasteiger charge is 2.03. The average Bonchev–Trinajstić information content (AvgIpc) is 2.11. The molecule has 0 aliphatic heterocycles. The molecule has 0 unspecified atom stereocenters. The first-order chi connectivity index (χ1) is 6.13. The van der Waals surface area contributed by atoms with Crippen molar-refractivity contribution in [1.29, 1.82) is 0 Å². The van der Waals surface area contributed by atoms with Gasteiger partial charge in [0.1, 0.15) is 5.82 Å². The Bertz CT molecular complexity index is 379. The standard InChI is InChI=1S/C10H8FNO/c1-3-10(13)12-9-6-7(2)4-5-8(9)11/h1,4-6H,2H3,(H,12,13). The summed E-state index contributed by atoms with van der Waals surface area (Å²) in [4.78, 5) is 10.7. The van der Waals surface area contributed by atoms with E-state index in [0.29, 0.717) is 0 Å². The SMILES string of the molecule is C#CC(=O)Nc1cc(C)ccc1F. The molecule has 0 saturated heterocycles. The number of hydrogen-bond donors (Lipinski definition) is 1. The van der Waals surface area contributed by atoms with E-state index in [4.69, 9.17) is 6.42 Å². The number of carbonyl (C=O) groups excluding carboxylic acids is 1. The molecule has 13 heavy (non-hydrogen) atoms. The van der Waals surface area contributed by atoms with Crippen molar-refractivity contribution in [3.05, 3.63) is 29.6 Å². The topological polar surface area (TPSA) is 29.1 Å². The summed E-state index contributed by atoms with van der Waals surface area (Å²) in [5.74, 6) is 0.703. The minimum absolute atomic E-state index is 0.114. The molecule has 0 aliphatic rings. The van der Waals surface area contributed by atoms with Crippen LogP contribution >= 0.6 is 0 Å². The zero-order chi connectivity index (χ0) is 9.84. The van der Waals surface area contributed by atoms with Crippen LogP contribution in [0.25, 0.3) is 0 Å². The Labute approximate surface area is 75.8 Å². The molecule has 0 aromatic heterocycles. The number of nitrogens with one attached hydrogen (secondary N) is 1. The Morgan fingerprint density at radius 1 is 1.62 bits per heavy atom. The van der Waals surface area contributed by atoms with Gasteiger partial charge in [-0.1, -0.05) is 6.07 Å². The average molecular weight is 177 g/mol. The van der Waals surface area contributed by atoms with E-state index in [2.05, 4.69) is 5.32 Å². The lowest BCUT2D eigenvalue weighted by molar-refractivity contribution is -0.111. The van der Waals surface area contributed by atoms with Crippen molar-refractivity contribution < 1.29 is 9.18 Å².